The van der Waals surface area contributed by atoms with E-state index in [4.69, 9.17) is 9.84 Å². The number of rotatable bonds is 26. The molecule has 0 saturated carbocycles. The minimum absolute atomic E-state index is 0.149. The van der Waals surface area contributed by atoms with Crippen LogP contribution in [0.15, 0.2) is 0 Å². The number of carbonyl (C=O) groups is 1. The number of aliphatic hydroxyl groups is 1. The standard InChI is InChI=1S/C27H57N3O3/c1-4-5-6-7-8-9-10-11-12-13-14-15-17-26(2)29-27(32)18-20-28-19-16-21-30(22-24-31)23-25-33-3/h26,28,31H,4-25H2,1-3H3,(H,29,32). The Morgan fingerprint density at radius 1 is 0.848 bits per heavy atom. The van der Waals surface area contributed by atoms with Crippen molar-refractivity contribution in [3.63, 3.8) is 0 Å². The molecule has 0 heterocycles. The molecular formula is C27H57N3O3. The Balaban J connectivity index is 3.47. The van der Waals surface area contributed by atoms with E-state index in [1.807, 2.05) is 0 Å². The molecular weight excluding hydrogens is 414 g/mol. The van der Waals surface area contributed by atoms with Gasteiger partial charge in [0.1, 0.15) is 0 Å². The van der Waals surface area contributed by atoms with Crippen LogP contribution in [0.1, 0.15) is 110 Å². The maximum atomic E-state index is 12.1. The van der Waals surface area contributed by atoms with E-state index in [0.29, 0.717) is 19.6 Å². The topological polar surface area (TPSA) is 73.8 Å². The molecule has 0 aliphatic carbocycles. The lowest BCUT2D eigenvalue weighted by Crippen LogP contribution is -2.35. The van der Waals surface area contributed by atoms with Crippen molar-refractivity contribution in [2.75, 3.05) is 53.0 Å². The van der Waals surface area contributed by atoms with Gasteiger partial charge >= 0.3 is 0 Å². The van der Waals surface area contributed by atoms with E-state index in [2.05, 4.69) is 29.4 Å². The van der Waals surface area contributed by atoms with E-state index in [1.165, 1.54) is 77.0 Å². The van der Waals surface area contributed by atoms with E-state index in [0.717, 1.165) is 39.0 Å². The summed E-state index contributed by atoms with van der Waals surface area (Å²) in [4.78, 5) is 14.3. The summed E-state index contributed by atoms with van der Waals surface area (Å²) in [5, 5.41) is 15.6. The van der Waals surface area contributed by atoms with Gasteiger partial charge in [-0.15, -0.1) is 0 Å². The fourth-order valence-corrected chi connectivity index (χ4v) is 4.16. The summed E-state index contributed by atoms with van der Waals surface area (Å²) in [7, 11) is 1.70. The van der Waals surface area contributed by atoms with Crippen molar-refractivity contribution in [3.05, 3.63) is 0 Å². The average molecular weight is 472 g/mol. The molecule has 0 radical (unpaired) electrons. The normalized spacial score (nSPS) is 12.4. The van der Waals surface area contributed by atoms with Crippen molar-refractivity contribution in [1.29, 1.82) is 0 Å². The highest BCUT2D eigenvalue weighted by Crippen LogP contribution is 2.13. The lowest BCUT2D eigenvalue weighted by Gasteiger charge is -2.20. The molecule has 0 aliphatic rings. The van der Waals surface area contributed by atoms with Crippen molar-refractivity contribution in [1.82, 2.24) is 15.5 Å². The minimum atomic E-state index is 0.149. The van der Waals surface area contributed by atoms with Crippen LogP contribution in [0.2, 0.25) is 0 Å². The molecule has 33 heavy (non-hydrogen) atoms. The van der Waals surface area contributed by atoms with Crippen LogP contribution in [-0.4, -0.2) is 75.0 Å². The van der Waals surface area contributed by atoms with Crippen LogP contribution in [0, 0.1) is 0 Å². The maximum absolute atomic E-state index is 12.1. The van der Waals surface area contributed by atoms with Gasteiger partial charge in [0, 0.05) is 39.2 Å². The Hall–Kier alpha value is -0.690. The van der Waals surface area contributed by atoms with Gasteiger partial charge < -0.3 is 20.5 Å². The smallest absolute Gasteiger partial charge is 0.221 e. The first kappa shape index (κ1) is 32.3. The SMILES string of the molecule is CCCCCCCCCCCCCCC(C)NC(=O)CCNCCCN(CCO)CCOC. The largest absolute Gasteiger partial charge is 0.395 e. The molecule has 1 unspecified atom stereocenters. The first-order valence-electron chi connectivity index (χ1n) is 14.0. The van der Waals surface area contributed by atoms with E-state index in [-0.39, 0.29) is 18.6 Å². The second-order valence-electron chi connectivity index (χ2n) is 9.56. The molecule has 6 nitrogen and oxygen atoms in total. The summed E-state index contributed by atoms with van der Waals surface area (Å²) in [6.07, 6.45) is 19.0. The summed E-state index contributed by atoms with van der Waals surface area (Å²) in [5.41, 5.74) is 0. The molecule has 0 fully saturated rings. The molecule has 1 amide bonds. The van der Waals surface area contributed by atoms with Gasteiger partial charge in [-0.05, 0) is 32.9 Å². The fraction of sp³-hybridized carbons (Fsp3) is 0.963. The number of aliphatic hydroxyl groups excluding tert-OH is 1. The predicted octanol–water partition coefficient (Wildman–Crippen LogP) is 4.89. The lowest BCUT2D eigenvalue weighted by atomic mass is 10.0. The van der Waals surface area contributed by atoms with Gasteiger partial charge in [0.25, 0.3) is 0 Å². The number of nitrogens with zero attached hydrogens (tertiary/aromatic N) is 1. The predicted molar refractivity (Wildman–Crippen MR) is 141 cm³/mol. The van der Waals surface area contributed by atoms with Crippen LogP contribution in [0.5, 0.6) is 0 Å². The molecule has 0 spiro atoms. The van der Waals surface area contributed by atoms with Crippen LogP contribution in [0.3, 0.4) is 0 Å². The molecule has 3 N–H and O–H groups in total. The first-order valence-corrected chi connectivity index (χ1v) is 14.0. The summed E-state index contributed by atoms with van der Waals surface area (Å²) < 4.78 is 5.11. The summed E-state index contributed by atoms with van der Waals surface area (Å²) in [6.45, 7) is 9.32. The van der Waals surface area contributed by atoms with Crippen LogP contribution >= 0.6 is 0 Å². The number of hydrogen-bond acceptors (Lipinski definition) is 5. The molecule has 0 aliphatic heterocycles. The molecule has 1 atom stereocenters. The Labute approximate surface area is 205 Å². The maximum Gasteiger partial charge on any atom is 0.221 e. The number of nitrogens with one attached hydrogen (secondary N) is 2. The molecule has 0 aromatic carbocycles. The number of carbonyl (C=O) groups excluding carboxylic acids is 1. The van der Waals surface area contributed by atoms with Crippen molar-refractivity contribution < 1.29 is 14.6 Å². The van der Waals surface area contributed by atoms with Crippen molar-refractivity contribution >= 4 is 5.91 Å². The zero-order valence-electron chi connectivity index (χ0n) is 22.3. The zero-order valence-corrected chi connectivity index (χ0v) is 22.3. The molecule has 198 valence electrons. The van der Waals surface area contributed by atoms with Crippen LogP contribution < -0.4 is 10.6 Å². The second kappa shape index (κ2) is 25.9. The minimum Gasteiger partial charge on any atom is -0.395 e. The van der Waals surface area contributed by atoms with Crippen LogP contribution in [-0.2, 0) is 9.53 Å². The Bertz CT molecular complexity index is 410. The Morgan fingerprint density at radius 3 is 2.03 bits per heavy atom. The number of methoxy groups -OCH3 is 1. The van der Waals surface area contributed by atoms with Crippen LogP contribution in [0.25, 0.3) is 0 Å². The van der Waals surface area contributed by atoms with Crippen molar-refractivity contribution in [2.45, 2.75) is 116 Å². The molecule has 0 aromatic rings. The van der Waals surface area contributed by atoms with Crippen molar-refractivity contribution in [2.24, 2.45) is 0 Å². The molecule has 0 bridgehead atoms. The molecule has 0 saturated heterocycles. The van der Waals surface area contributed by atoms with Gasteiger partial charge in [0.2, 0.25) is 5.91 Å². The van der Waals surface area contributed by atoms with Gasteiger partial charge in [-0.3, -0.25) is 9.69 Å². The monoisotopic (exact) mass is 471 g/mol. The van der Waals surface area contributed by atoms with Gasteiger partial charge in [0.15, 0.2) is 0 Å². The number of ether oxygens (including phenoxy) is 1. The fourth-order valence-electron chi connectivity index (χ4n) is 4.16. The third-order valence-corrected chi connectivity index (χ3v) is 6.28. The van der Waals surface area contributed by atoms with Crippen molar-refractivity contribution in [3.8, 4) is 0 Å². The zero-order chi connectivity index (χ0) is 24.4. The quantitative estimate of drug-likeness (QED) is 0.157. The third kappa shape index (κ3) is 24.2. The molecule has 0 rings (SSSR count). The van der Waals surface area contributed by atoms with Gasteiger partial charge in [-0.25, -0.2) is 0 Å². The Kier molecular flexibility index (Phi) is 25.4. The number of amides is 1. The van der Waals surface area contributed by atoms with E-state index >= 15 is 0 Å². The average Bonchev–Trinajstić information content (AvgIpc) is 2.80. The number of unbranched alkanes of at least 4 members (excludes halogenated alkanes) is 11. The van der Waals surface area contributed by atoms with Gasteiger partial charge in [0.05, 0.1) is 13.2 Å². The second-order valence-corrected chi connectivity index (χ2v) is 9.56. The summed E-state index contributed by atoms with van der Waals surface area (Å²) in [6, 6.07) is 0.272. The highest BCUT2D eigenvalue weighted by atomic mass is 16.5. The highest BCUT2D eigenvalue weighted by Gasteiger charge is 2.07. The Morgan fingerprint density at radius 2 is 1.45 bits per heavy atom. The third-order valence-electron chi connectivity index (χ3n) is 6.28. The van der Waals surface area contributed by atoms with E-state index < -0.39 is 0 Å². The van der Waals surface area contributed by atoms with Gasteiger partial charge in [-0.1, -0.05) is 84.0 Å². The summed E-state index contributed by atoms with van der Waals surface area (Å²) in [5.74, 6) is 0.149. The molecule has 0 aromatic heterocycles. The lowest BCUT2D eigenvalue weighted by molar-refractivity contribution is -0.121. The number of hydrogen-bond donors (Lipinski definition) is 3. The van der Waals surface area contributed by atoms with Crippen LogP contribution in [0.4, 0.5) is 0 Å². The summed E-state index contributed by atoms with van der Waals surface area (Å²) >= 11 is 0. The highest BCUT2D eigenvalue weighted by molar-refractivity contribution is 5.76. The van der Waals surface area contributed by atoms with E-state index in [9.17, 15) is 4.79 Å². The molecule has 6 heteroatoms. The van der Waals surface area contributed by atoms with Gasteiger partial charge in [-0.2, -0.15) is 0 Å². The van der Waals surface area contributed by atoms with E-state index in [1.54, 1.807) is 7.11 Å². The first-order chi connectivity index (χ1) is 16.1.